The van der Waals surface area contributed by atoms with Crippen LogP contribution in [0, 0.1) is 11.3 Å². The lowest BCUT2D eigenvalue weighted by atomic mass is 10.1. The number of nitrogens with one attached hydrogen (secondary N) is 2. The topological polar surface area (TPSA) is 82.0 Å². The molecule has 1 aliphatic heterocycles. The van der Waals surface area contributed by atoms with Crippen molar-refractivity contribution in [1.29, 1.82) is 5.26 Å². The van der Waals surface area contributed by atoms with Crippen LogP contribution in [-0.2, 0) is 23.0 Å². The minimum atomic E-state index is -3.66. The Morgan fingerprint density at radius 2 is 2.05 bits per heavy atom. The third-order valence-corrected chi connectivity index (χ3v) is 5.96. The van der Waals surface area contributed by atoms with E-state index in [1.807, 2.05) is 0 Å². The summed E-state index contributed by atoms with van der Waals surface area (Å²) in [5.74, 6) is 0. The number of hydrogen-bond donors (Lipinski definition) is 2. The Hall–Kier alpha value is -1.88. The van der Waals surface area contributed by atoms with Gasteiger partial charge in [-0.3, -0.25) is 4.72 Å². The summed E-state index contributed by atoms with van der Waals surface area (Å²) in [5.41, 5.74) is 1.42. The molecule has 0 saturated heterocycles. The van der Waals surface area contributed by atoms with Gasteiger partial charge in [-0.2, -0.15) is 5.26 Å². The van der Waals surface area contributed by atoms with Gasteiger partial charge in [-0.25, -0.2) is 8.42 Å². The Kier molecular flexibility index (Phi) is 3.68. The molecule has 3 rings (SSSR count). The van der Waals surface area contributed by atoms with Gasteiger partial charge in [0.1, 0.15) is 11.1 Å². The average Bonchev–Trinajstić information content (AvgIpc) is 2.84. The molecule has 0 bridgehead atoms. The Balaban J connectivity index is 1.99. The van der Waals surface area contributed by atoms with Gasteiger partial charge >= 0.3 is 0 Å². The van der Waals surface area contributed by atoms with Crippen molar-refractivity contribution in [3.63, 3.8) is 0 Å². The maximum Gasteiger partial charge on any atom is 0.262 e. The van der Waals surface area contributed by atoms with Crippen molar-refractivity contribution in [2.75, 3.05) is 11.3 Å². The van der Waals surface area contributed by atoms with E-state index in [1.165, 1.54) is 23.5 Å². The summed E-state index contributed by atoms with van der Waals surface area (Å²) in [6.07, 6.45) is 0.752. The number of fused-ring (bicyclic) bond motifs is 1. The molecule has 0 atom stereocenters. The predicted molar refractivity (Wildman–Crippen MR) is 81.7 cm³/mol. The molecule has 21 heavy (non-hydrogen) atoms. The lowest BCUT2D eigenvalue weighted by Crippen LogP contribution is -2.22. The van der Waals surface area contributed by atoms with E-state index in [1.54, 1.807) is 18.2 Å². The Bertz CT molecular complexity index is 805. The first-order valence-electron chi connectivity index (χ1n) is 6.45. The monoisotopic (exact) mass is 319 g/mol. The minimum absolute atomic E-state index is 0.193. The molecular formula is C14H13N3O2S2. The average molecular weight is 319 g/mol. The Morgan fingerprint density at radius 1 is 1.29 bits per heavy atom. The lowest BCUT2D eigenvalue weighted by Gasteiger charge is -2.11. The zero-order valence-electron chi connectivity index (χ0n) is 11.1. The van der Waals surface area contributed by atoms with E-state index >= 15 is 0 Å². The van der Waals surface area contributed by atoms with E-state index < -0.39 is 10.0 Å². The Labute approximate surface area is 127 Å². The van der Waals surface area contributed by atoms with Crippen molar-refractivity contribution in [1.82, 2.24) is 5.32 Å². The molecule has 0 fully saturated rings. The van der Waals surface area contributed by atoms with Crippen molar-refractivity contribution >= 4 is 26.4 Å². The number of anilines is 1. The minimum Gasteiger partial charge on any atom is -0.312 e. The zero-order valence-corrected chi connectivity index (χ0v) is 12.7. The number of sulfonamides is 1. The second-order valence-electron chi connectivity index (χ2n) is 4.67. The lowest BCUT2D eigenvalue weighted by molar-refractivity contribution is 0.601. The van der Waals surface area contributed by atoms with Gasteiger partial charge in [0.05, 0.1) is 10.5 Å². The van der Waals surface area contributed by atoms with Gasteiger partial charge in [-0.15, -0.1) is 11.3 Å². The fourth-order valence-corrected chi connectivity index (χ4v) is 4.80. The summed E-state index contributed by atoms with van der Waals surface area (Å²) in [6, 6.07) is 10.3. The van der Waals surface area contributed by atoms with Gasteiger partial charge in [0.2, 0.25) is 0 Å². The number of hydrogen-bond acceptors (Lipinski definition) is 5. The number of benzene rings is 1. The molecule has 0 amide bonds. The molecule has 2 N–H and O–H groups in total. The highest BCUT2D eigenvalue weighted by atomic mass is 32.2. The summed E-state index contributed by atoms with van der Waals surface area (Å²) in [7, 11) is -3.66. The molecular weight excluding hydrogens is 306 g/mol. The van der Waals surface area contributed by atoms with Crippen LogP contribution >= 0.6 is 11.3 Å². The Morgan fingerprint density at radius 3 is 2.76 bits per heavy atom. The number of nitriles is 1. The normalized spacial score (nSPS) is 14.2. The van der Waals surface area contributed by atoms with Gasteiger partial charge in [-0.05, 0) is 30.7 Å². The van der Waals surface area contributed by atoms with Crippen LogP contribution in [0.3, 0.4) is 0 Å². The van der Waals surface area contributed by atoms with Crippen molar-refractivity contribution < 1.29 is 8.42 Å². The molecule has 2 aromatic rings. The first kappa shape index (κ1) is 14.1. The summed E-state index contributed by atoms with van der Waals surface area (Å²) < 4.78 is 27.3. The number of thiophene rings is 1. The van der Waals surface area contributed by atoms with E-state index in [0.717, 1.165) is 23.4 Å². The van der Waals surface area contributed by atoms with Crippen LogP contribution in [0.1, 0.15) is 16.0 Å². The van der Waals surface area contributed by atoms with E-state index in [-0.39, 0.29) is 4.90 Å². The highest BCUT2D eigenvalue weighted by Gasteiger charge is 2.24. The molecule has 7 heteroatoms. The first-order chi connectivity index (χ1) is 10.1. The molecule has 0 unspecified atom stereocenters. The molecule has 108 valence electrons. The fraction of sp³-hybridized carbons (Fsp3) is 0.214. The van der Waals surface area contributed by atoms with Crippen LogP contribution in [0.25, 0.3) is 0 Å². The largest absolute Gasteiger partial charge is 0.312 e. The van der Waals surface area contributed by atoms with Gasteiger partial charge in [0, 0.05) is 11.4 Å². The number of nitrogens with zero attached hydrogens (tertiary/aromatic N) is 1. The summed E-state index contributed by atoms with van der Waals surface area (Å²) in [4.78, 5) is 1.22. The third-order valence-electron chi connectivity index (χ3n) is 3.32. The van der Waals surface area contributed by atoms with Crippen LogP contribution in [0.5, 0.6) is 0 Å². The zero-order chi connectivity index (χ0) is 14.9. The molecule has 1 aliphatic rings. The maximum absolute atomic E-state index is 12.4. The molecule has 0 aliphatic carbocycles. The molecule has 0 saturated carbocycles. The van der Waals surface area contributed by atoms with Crippen LogP contribution in [-0.4, -0.2) is 15.0 Å². The van der Waals surface area contributed by atoms with Crippen LogP contribution in [0.15, 0.2) is 35.2 Å². The van der Waals surface area contributed by atoms with Crippen molar-refractivity contribution in [2.24, 2.45) is 0 Å². The van der Waals surface area contributed by atoms with Crippen molar-refractivity contribution in [2.45, 2.75) is 17.9 Å². The van der Waals surface area contributed by atoms with E-state index in [4.69, 9.17) is 0 Å². The van der Waals surface area contributed by atoms with Crippen LogP contribution < -0.4 is 10.0 Å². The standard InChI is InChI=1S/C14H13N3O2S2/c15-8-12-11-6-7-16-9-13(11)20-14(12)17-21(18,19)10-4-2-1-3-5-10/h1-5,16-17H,6-7,9H2. The van der Waals surface area contributed by atoms with E-state index in [0.29, 0.717) is 17.1 Å². The predicted octanol–water partition coefficient (Wildman–Crippen LogP) is 2.07. The third kappa shape index (κ3) is 2.65. The fourth-order valence-electron chi connectivity index (χ4n) is 2.31. The molecule has 1 aromatic heterocycles. The smallest absolute Gasteiger partial charge is 0.262 e. The first-order valence-corrected chi connectivity index (χ1v) is 8.75. The highest BCUT2D eigenvalue weighted by Crippen LogP contribution is 2.35. The van der Waals surface area contributed by atoms with Crippen molar-refractivity contribution in [3.05, 3.63) is 46.3 Å². The summed E-state index contributed by atoms with van der Waals surface area (Å²) in [5, 5.41) is 13.0. The molecule has 2 heterocycles. The summed E-state index contributed by atoms with van der Waals surface area (Å²) >= 11 is 1.33. The maximum atomic E-state index is 12.4. The molecule has 5 nitrogen and oxygen atoms in total. The van der Waals surface area contributed by atoms with E-state index in [2.05, 4.69) is 16.1 Å². The second kappa shape index (κ2) is 5.48. The van der Waals surface area contributed by atoms with Crippen molar-refractivity contribution in [3.8, 4) is 6.07 Å². The molecule has 1 aromatic carbocycles. The SMILES string of the molecule is N#Cc1c(NS(=O)(=O)c2ccccc2)sc2c1CCNC2. The molecule has 0 radical (unpaired) electrons. The number of rotatable bonds is 3. The van der Waals surface area contributed by atoms with Gasteiger partial charge in [0.15, 0.2) is 0 Å². The van der Waals surface area contributed by atoms with E-state index in [9.17, 15) is 13.7 Å². The van der Waals surface area contributed by atoms with Gasteiger partial charge in [0.25, 0.3) is 10.0 Å². The van der Waals surface area contributed by atoms with Gasteiger partial charge in [-0.1, -0.05) is 18.2 Å². The quantitative estimate of drug-likeness (QED) is 0.907. The van der Waals surface area contributed by atoms with Gasteiger partial charge < -0.3 is 5.32 Å². The second-order valence-corrected chi connectivity index (χ2v) is 7.45. The highest BCUT2D eigenvalue weighted by molar-refractivity contribution is 7.93. The van der Waals surface area contributed by atoms with Crippen LogP contribution in [0.4, 0.5) is 5.00 Å². The van der Waals surface area contributed by atoms with Crippen LogP contribution in [0.2, 0.25) is 0 Å². The molecule has 0 spiro atoms. The summed E-state index contributed by atoms with van der Waals surface area (Å²) in [6.45, 7) is 1.49.